The number of ether oxygens (including phenoxy) is 1. The van der Waals surface area contributed by atoms with Gasteiger partial charge in [0.2, 0.25) is 0 Å². The van der Waals surface area contributed by atoms with E-state index in [2.05, 4.69) is 10.4 Å². The molecule has 0 aliphatic heterocycles. The van der Waals surface area contributed by atoms with Gasteiger partial charge in [-0.05, 0) is 59.5 Å². The molecule has 1 amide bonds. The van der Waals surface area contributed by atoms with Crippen LogP contribution in [0.3, 0.4) is 0 Å². The summed E-state index contributed by atoms with van der Waals surface area (Å²) in [5.41, 5.74) is 7.91. The number of benzene rings is 3. The molecule has 3 rings (SSSR count). The van der Waals surface area contributed by atoms with Crippen LogP contribution in [-0.2, 0) is 6.18 Å². The van der Waals surface area contributed by atoms with Gasteiger partial charge in [-0.3, -0.25) is 9.93 Å². The number of nitrogens with one attached hydrogen (secondary N) is 2. The molecule has 0 heterocycles. The second-order valence-electron chi connectivity index (χ2n) is 6.87. The average molecular weight is 491 g/mol. The molecule has 0 fully saturated rings. The molecule has 0 aliphatic rings. The third kappa shape index (κ3) is 5.42. The van der Waals surface area contributed by atoms with Crippen molar-refractivity contribution in [2.24, 2.45) is 21.8 Å². The Hall–Kier alpha value is -3.74. The van der Waals surface area contributed by atoms with Crippen molar-refractivity contribution < 1.29 is 22.7 Å². The van der Waals surface area contributed by atoms with Crippen molar-refractivity contribution in [3.8, 4) is 16.9 Å². The van der Waals surface area contributed by atoms with Crippen LogP contribution >= 0.6 is 11.9 Å². The van der Waals surface area contributed by atoms with Crippen LogP contribution in [0, 0.1) is 0 Å². The van der Waals surface area contributed by atoms with Gasteiger partial charge in [0.1, 0.15) is 5.75 Å². The highest BCUT2D eigenvalue weighted by atomic mass is 32.2. The molecular weight excluding hydrogens is 469 g/mol. The summed E-state index contributed by atoms with van der Waals surface area (Å²) in [5.74, 6) is 4.98. The van der Waals surface area contributed by atoms with Gasteiger partial charge < -0.3 is 15.8 Å². The van der Waals surface area contributed by atoms with E-state index in [0.29, 0.717) is 10.6 Å². The maximum Gasteiger partial charge on any atom is 0.417 e. The van der Waals surface area contributed by atoms with Gasteiger partial charge in [0, 0.05) is 16.8 Å². The fourth-order valence-corrected chi connectivity index (χ4v) is 3.68. The third-order valence-corrected chi connectivity index (χ3v) is 5.41. The molecule has 8 N–H and O–H groups in total. The van der Waals surface area contributed by atoms with Crippen molar-refractivity contribution >= 4 is 29.4 Å². The molecule has 3 aromatic carbocycles. The van der Waals surface area contributed by atoms with E-state index < -0.39 is 17.6 Å². The van der Waals surface area contributed by atoms with Gasteiger partial charge in [-0.1, -0.05) is 24.3 Å². The standard InChI is InChI=1S/C22H21F3N6O2S/c1-33-18-10-12(6-9-19(18)34-28)21(32)29-13-7-8-14(16(11-13)20(26)30-31-27)15-4-2-3-5-17(15)22(23,24)25/h2-11,31H,27-28H2,1H3,(H2,26,30)(H,29,32). The zero-order chi connectivity index (χ0) is 24.9. The fourth-order valence-electron chi connectivity index (χ4n) is 3.27. The van der Waals surface area contributed by atoms with Crippen LogP contribution in [0.2, 0.25) is 0 Å². The number of carbonyl (C=O) groups excluding carboxylic acids is 1. The van der Waals surface area contributed by atoms with Crippen LogP contribution in [0.5, 0.6) is 5.75 Å². The summed E-state index contributed by atoms with van der Waals surface area (Å²) in [4.78, 5) is 13.4. The van der Waals surface area contributed by atoms with Gasteiger partial charge in [0.25, 0.3) is 5.91 Å². The molecule has 0 radical (unpaired) electrons. The molecule has 0 aliphatic carbocycles. The largest absolute Gasteiger partial charge is 0.496 e. The lowest BCUT2D eigenvalue weighted by Crippen LogP contribution is -2.24. The predicted octanol–water partition coefficient (Wildman–Crippen LogP) is 3.68. The first-order valence-corrected chi connectivity index (χ1v) is 10.5. The molecule has 8 nitrogen and oxygen atoms in total. The van der Waals surface area contributed by atoms with E-state index in [4.69, 9.17) is 21.5 Å². The molecule has 0 aromatic heterocycles. The Morgan fingerprint density at radius 3 is 2.44 bits per heavy atom. The Kier molecular flexibility index (Phi) is 7.66. The minimum absolute atomic E-state index is 0.0994. The van der Waals surface area contributed by atoms with Gasteiger partial charge in [0.15, 0.2) is 5.84 Å². The molecular formula is C22H21F3N6O2S. The first kappa shape index (κ1) is 24.9. The molecule has 0 saturated heterocycles. The van der Waals surface area contributed by atoms with Gasteiger partial charge in [-0.2, -0.15) is 13.2 Å². The van der Waals surface area contributed by atoms with Crippen molar-refractivity contribution in [2.75, 3.05) is 12.4 Å². The number of nitrogens with two attached hydrogens (primary N) is 3. The van der Waals surface area contributed by atoms with Crippen molar-refractivity contribution in [2.45, 2.75) is 11.1 Å². The zero-order valence-corrected chi connectivity index (χ0v) is 18.6. The molecule has 0 bridgehead atoms. The maximum atomic E-state index is 13.6. The molecule has 3 aromatic rings. The molecule has 0 unspecified atom stereocenters. The lowest BCUT2D eigenvalue weighted by molar-refractivity contribution is -0.137. The summed E-state index contributed by atoms with van der Waals surface area (Å²) >= 11 is 0.976. The van der Waals surface area contributed by atoms with Crippen LogP contribution in [0.25, 0.3) is 11.1 Å². The molecule has 34 heavy (non-hydrogen) atoms. The summed E-state index contributed by atoms with van der Waals surface area (Å²) < 4.78 is 46.0. The van der Waals surface area contributed by atoms with E-state index in [1.807, 2.05) is 5.53 Å². The van der Waals surface area contributed by atoms with Crippen LogP contribution in [0.4, 0.5) is 18.9 Å². The second kappa shape index (κ2) is 10.5. The Morgan fingerprint density at radius 1 is 1.06 bits per heavy atom. The number of halogens is 3. The van der Waals surface area contributed by atoms with E-state index in [-0.39, 0.29) is 33.8 Å². The maximum absolute atomic E-state index is 13.6. The van der Waals surface area contributed by atoms with Crippen molar-refractivity contribution in [3.05, 3.63) is 77.4 Å². The first-order chi connectivity index (χ1) is 16.2. The number of hydrazine groups is 1. The van der Waals surface area contributed by atoms with Crippen LogP contribution in [-0.4, -0.2) is 18.9 Å². The predicted molar refractivity (Wildman–Crippen MR) is 126 cm³/mol. The fraction of sp³-hybridized carbons (Fsp3) is 0.0909. The Labute approximate surface area is 197 Å². The summed E-state index contributed by atoms with van der Waals surface area (Å²) in [5, 5.41) is 12.0. The van der Waals surface area contributed by atoms with E-state index in [1.165, 1.54) is 49.6 Å². The number of hydrazone groups is 1. The van der Waals surface area contributed by atoms with Gasteiger partial charge in [-0.25, -0.2) is 11.4 Å². The van der Waals surface area contributed by atoms with Crippen molar-refractivity contribution in [3.63, 3.8) is 0 Å². The monoisotopic (exact) mass is 490 g/mol. The lowest BCUT2D eigenvalue weighted by atomic mass is 9.94. The number of amidine groups is 1. The van der Waals surface area contributed by atoms with E-state index in [0.717, 1.165) is 18.0 Å². The molecule has 12 heteroatoms. The van der Waals surface area contributed by atoms with Crippen molar-refractivity contribution in [1.82, 2.24) is 5.53 Å². The number of amides is 1. The number of carbonyl (C=O) groups is 1. The Bertz CT molecular complexity index is 1230. The van der Waals surface area contributed by atoms with E-state index in [9.17, 15) is 18.0 Å². The van der Waals surface area contributed by atoms with E-state index in [1.54, 1.807) is 12.1 Å². The zero-order valence-electron chi connectivity index (χ0n) is 17.8. The topological polar surface area (TPSA) is 141 Å². The number of hydrogen-bond acceptors (Lipinski definition) is 7. The number of methoxy groups -OCH3 is 1. The third-order valence-electron chi connectivity index (χ3n) is 4.81. The molecule has 0 atom stereocenters. The normalized spacial score (nSPS) is 11.8. The number of alkyl halides is 3. The summed E-state index contributed by atoms with van der Waals surface area (Å²) in [6, 6.07) is 14.1. The summed E-state index contributed by atoms with van der Waals surface area (Å²) in [7, 11) is 1.45. The van der Waals surface area contributed by atoms with Gasteiger partial charge >= 0.3 is 6.18 Å². The lowest BCUT2D eigenvalue weighted by Gasteiger charge is -2.17. The molecule has 0 spiro atoms. The Morgan fingerprint density at radius 2 is 1.79 bits per heavy atom. The van der Waals surface area contributed by atoms with Crippen LogP contribution in [0.15, 0.2) is 70.7 Å². The summed E-state index contributed by atoms with van der Waals surface area (Å²) in [6.45, 7) is 0. The highest BCUT2D eigenvalue weighted by molar-refractivity contribution is 7.97. The minimum Gasteiger partial charge on any atom is -0.496 e. The first-order valence-electron chi connectivity index (χ1n) is 9.65. The van der Waals surface area contributed by atoms with E-state index >= 15 is 0 Å². The van der Waals surface area contributed by atoms with Crippen LogP contribution in [0.1, 0.15) is 21.5 Å². The highest BCUT2D eigenvalue weighted by Crippen LogP contribution is 2.38. The SMILES string of the molecule is COc1cc(C(=O)Nc2ccc(-c3ccccc3C(F)(F)F)c(/C(N)=N/NN)c2)ccc1SN. The molecule has 0 saturated carbocycles. The number of rotatable bonds is 7. The summed E-state index contributed by atoms with van der Waals surface area (Å²) in [6.07, 6.45) is -4.59. The Balaban J connectivity index is 2.04. The second-order valence-corrected chi connectivity index (χ2v) is 7.54. The van der Waals surface area contributed by atoms with Crippen LogP contribution < -0.4 is 32.3 Å². The smallest absolute Gasteiger partial charge is 0.417 e. The number of anilines is 1. The quantitative estimate of drug-likeness (QED) is 0.112. The highest BCUT2D eigenvalue weighted by Gasteiger charge is 2.34. The van der Waals surface area contributed by atoms with Gasteiger partial charge in [-0.15, -0.1) is 5.10 Å². The average Bonchev–Trinajstić information content (AvgIpc) is 2.83. The number of hydrogen-bond donors (Lipinski definition) is 5. The minimum atomic E-state index is -4.59. The van der Waals surface area contributed by atoms with Gasteiger partial charge in [0.05, 0.1) is 17.6 Å². The number of nitrogens with zero attached hydrogens (tertiary/aromatic N) is 1. The van der Waals surface area contributed by atoms with Crippen molar-refractivity contribution in [1.29, 1.82) is 0 Å². The molecule has 178 valence electrons.